The number of aryl methyl sites for hydroxylation is 1. The van der Waals surface area contributed by atoms with Crippen molar-refractivity contribution in [2.75, 3.05) is 16.8 Å². The number of carbonyl (C=O) groups is 2. The van der Waals surface area contributed by atoms with Crippen LogP contribution in [-0.4, -0.2) is 29.4 Å². The molecule has 1 aromatic carbocycles. The van der Waals surface area contributed by atoms with Crippen LogP contribution in [0.25, 0.3) is 0 Å². The highest BCUT2D eigenvalue weighted by atomic mass is 32.2. The van der Waals surface area contributed by atoms with Crippen molar-refractivity contribution in [3.05, 3.63) is 29.8 Å². The third kappa shape index (κ3) is 3.26. The minimum absolute atomic E-state index is 0.0510. The van der Waals surface area contributed by atoms with Crippen molar-refractivity contribution in [2.24, 2.45) is 0 Å². The first kappa shape index (κ1) is 13.0. The fourth-order valence-electron chi connectivity index (χ4n) is 1.75. The van der Waals surface area contributed by atoms with Gasteiger partial charge in [0, 0.05) is 23.6 Å². The summed E-state index contributed by atoms with van der Waals surface area (Å²) in [6, 6.07) is 7.16. The summed E-state index contributed by atoms with van der Waals surface area (Å²) in [6.07, 6.45) is 0.485. The number of anilines is 1. The van der Waals surface area contributed by atoms with Crippen LogP contribution in [0.5, 0.6) is 0 Å². The molecule has 4 nitrogen and oxygen atoms in total. The first-order valence-electron chi connectivity index (χ1n) is 5.90. The molecule has 0 bridgehead atoms. The topological polar surface area (TPSA) is 58.2 Å². The van der Waals surface area contributed by atoms with E-state index in [0.29, 0.717) is 12.2 Å². The number of para-hydroxylation sites is 1. The van der Waals surface area contributed by atoms with Gasteiger partial charge in [0.05, 0.1) is 0 Å². The Bertz CT molecular complexity index is 462. The maximum absolute atomic E-state index is 12.1. The van der Waals surface area contributed by atoms with Gasteiger partial charge < -0.3 is 10.6 Å². The van der Waals surface area contributed by atoms with Gasteiger partial charge in [0.2, 0.25) is 11.8 Å². The van der Waals surface area contributed by atoms with E-state index in [2.05, 4.69) is 10.6 Å². The van der Waals surface area contributed by atoms with Gasteiger partial charge in [-0.25, -0.2) is 0 Å². The van der Waals surface area contributed by atoms with E-state index >= 15 is 0 Å². The Morgan fingerprint density at radius 2 is 2.22 bits per heavy atom. The predicted octanol–water partition coefficient (Wildman–Crippen LogP) is 1.56. The molecule has 1 heterocycles. The van der Waals surface area contributed by atoms with E-state index in [9.17, 15) is 9.59 Å². The zero-order valence-electron chi connectivity index (χ0n) is 10.2. The average molecular weight is 264 g/mol. The molecule has 0 aromatic heterocycles. The standard InChI is InChI=1S/C13H16N2O2S/c1-9-4-2-3-5-10(9)15-13(17)11-8-18-7-6-12(16)14-11/h2-5,11H,6-8H2,1H3,(H,14,16)(H,15,17)/t11-/m1/s1. The molecule has 18 heavy (non-hydrogen) atoms. The van der Waals surface area contributed by atoms with E-state index < -0.39 is 6.04 Å². The van der Waals surface area contributed by atoms with E-state index in [4.69, 9.17) is 0 Å². The van der Waals surface area contributed by atoms with Crippen LogP contribution in [0.2, 0.25) is 0 Å². The molecule has 96 valence electrons. The molecule has 0 saturated carbocycles. The van der Waals surface area contributed by atoms with Gasteiger partial charge in [0.15, 0.2) is 0 Å². The number of hydrogen-bond donors (Lipinski definition) is 2. The Balaban J connectivity index is 2.03. The van der Waals surface area contributed by atoms with E-state index in [1.165, 1.54) is 0 Å². The largest absolute Gasteiger partial charge is 0.343 e. The molecule has 1 fully saturated rings. The Labute approximate surface area is 111 Å². The Kier molecular flexibility index (Phi) is 4.25. The molecule has 1 aliphatic rings. The highest BCUT2D eigenvalue weighted by Crippen LogP contribution is 2.15. The lowest BCUT2D eigenvalue weighted by molar-refractivity contribution is -0.125. The minimum atomic E-state index is -0.440. The fraction of sp³-hybridized carbons (Fsp3) is 0.385. The number of carbonyl (C=O) groups excluding carboxylic acids is 2. The maximum atomic E-state index is 12.1. The number of thioether (sulfide) groups is 1. The van der Waals surface area contributed by atoms with Crippen LogP contribution >= 0.6 is 11.8 Å². The molecule has 0 spiro atoms. The van der Waals surface area contributed by atoms with E-state index in [-0.39, 0.29) is 11.8 Å². The van der Waals surface area contributed by atoms with Gasteiger partial charge in [-0.1, -0.05) is 18.2 Å². The van der Waals surface area contributed by atoms with E-state index in [1.54, 1.807) is 11.8 Å². The first-order chi connectivity index (χ1) is 8.66. The molecule has 1 atom stereocenters. The molecule has 2 N–H and O–H groups in total. The Hall–Kier alpha value is -1.49. The van der Waals surface area contributed by atoms with Crippen molar-refractivity contribution in [3.63, 3.8) is 0 Å². The number of hydrogen-bond acceptors (Lipinski definition) is 3. The van der Waals surface area contributed by atoms with Crippen molar-refractivity contribution >= 4 is 29.3 Å². The van der Waals surface area contributed by atoms with Crippen LogP contribution in [0.4, 0.5) is 5.69 Å². The Morgan fingerprint density at radius 3 is 3.00 bits per heavy atom. The molecule has 0 unspecified atom stereocenters. The molecule has 1 aromatic rings. The first-order valence-corrected chi connectivity index (χ1v) is 7.06. The summed E-state index contributed by atoms with van der Waals surface area (Å²) in [6.45, 7) is 1.94. The Morgan fingerprint density at radius 1 is 1.44 bits per heavy atom. The van der Waals surface area contributed by atoms with Crippen molar-refractivity contribution in [1.82, 2.24) is 5.32 Å². The second kappa shape index (κ2) is 5.91. The third-order valence-corrected chi connectivity index (χ3v) is 3.87. The fourth-order valence-corrected chi connectivity index (χ4v) is 2.72. The summed E-state index contributed by atoms with van der Waals surface area (Å²) >= 11 is 1.63. The zero-order valence-corrected chi connectivity index (χ0v) is 11.0. The van der Waals surface area contributed by atoms with Gasteiger partial charge >= 0.3 is 0 Å². The number of rotatable bonds is 2. The smallest absolute Gasteiger partial charge is 0.247 e. The highest BCUT2D eigenvalue weighted by molar-refractivity contribution is 7.99. The summed E-state index contributed by atoms with van der Waals surface area (Å²) in [5.74, 6) is 1.21. The summed E-state index contributed by atoms with van der Waals surface area (Å²) in [7, 11) is 0. The van der Waals surface area contributed by atoms with Crippen LogP contribution in [0, 0.1) is 6.92 Å². The second-order valence-electron chi connectivity index (χ2n) is 4.25. The van der Waals surface area contributed by atoms with Gasteiger partial charge in [-0.3, -0.25) is 9.59 Å². The van der Waals surface area contributed by atoms with Gasteiger partial charge in [-0.15, -0.1) is 0 Å². The van der Waals surface area contributed by atoms with Crippen molar-refractivity contribution in [3.8, 4) is 0 Å². The summed E-state index contributed by atoms with van der Waals surface area (Å²) in [5, 5.41) is 5.61. The van der Waals surface area contributed by atoms with Crippen molar-refractivity contribution in [2.45, 2.75) is 19.4 Å². The van der Waals surface area contributed by atoms with Crippen molar-refractivity contribution < 1.29 is 9.59 Å². The molecule has 0 aliphatic carbocycles. The molecule has 1 aliphatic heterocycles. The lowest BCUT2D eigenvalue weighted by Crippen LogP contribution is -2.44. The van der Waals surface area contributed by atoms with Crippen LogP contribution in [0.15, 0.2) is 24.3 Å². The van der Waals surface area contributed by atoms with Crippen LogP contribution in [0.1, 0.15) is 12.0 Å². The van der Waals surface area contributed by atoms with Gasteiger partial charge in [0.25, 0.3) is 0 Å². The number of nitrogens with one attached hydrogen (secondary N) is 2. The van der Waals surface area contributed by atoms with Gasteiger partial charge in [-0.2, -0.15) is 11.8 Å². The molecular weight excluding hydrogens is 248 g/mol. The molecule has 2 amide bonds. The lowest BCUT2D eigenvalue weighted by Gasteiger charge is -2.16. The normalized spacial score (nSPS) is 19.8. The molecule has 0 radical (unpaired) electrons. The summed E-state index contributed by atoms with van der Waals surface area (Å²) in [5.41, 5.74) is 1.81. The number of amides is 2. The van der Waals surface area contributed by atoms with E-state index in [0.717, 1.165) is 17.0 Å². The minimum Gasteiger partial charge on any atom is -0.343 e. The van der Waals surface area contributed by atoms with Gasteiger partial charge in [0.1, 0.15) is 6.04 Å². The maximum Gasteiger partial charge on any atom is 0.247 e. The monoisotopic (exact) mass is 264 g/mol. The second-order valence-corrected chi connectivity index (χ2v) is 5.40. The average Bonchev–Trinajstić information content (AvgIpc) is 2.57. The molecular formula is C13H16N2O2S. The predicted molar refractivity (Wildman–Crippen MR) is 73.7 cm³/mol. The molecule has 1 saturated heterocycles. The van der Waals surface area contributed by atoms with Crippen LogP contribution < -0.4 is 10.6 Å². The third-order valence-electron chi connectivity index (χ3n) is 2.81. The van der Waals surface area contributed by atoms with Gasteiger partial charge in [-0.05, 0) is 18.6 Å². The number of benzene rings is 1. The van der Waals surface area contributed by atoms with E-state index in [1.807, 2.05) is 31.2 Å². The quantitative estimate of drug-likeness (QED) is 0.852. The van der Waals surface area contributed by atoms with Crippen molar-refractivity contribution in [1.29, 1.82) is 0 Å². The van der Waals surface area contributed by atoms with Crippen LogP contribution in [-0.2, 0) is 9.59 Å². The summed E-state index contributed by atoms with van der Waals surface area (Å²) in [4.78, 5) is 23.5. The molecule has 5 heteroatoms. The zero-order chi connectivity index (χ0) is 13.0. The highest BCUT2D eigenvalue weighted by Gasteiger charge is 2.23. The van der Waals surface area contributed by atoms with Crippen LogP contribution in [0.3, 0.4) is 0 Å². The lowest BCUT2D eigenvalue weighted by atomic mass is 10.2. The summed E-state index contributed by atoms with van der Waals surface area (Å²) < 4.78 is 0. The SMILES string of the molecule is Cc1ccccc1NC(=O)[C@H]1CSCCC(=O)N1. The molecule has 2 rings (SSSR count).